The predicted octanol–water partition coefficient (Wildman–Crippen LogP) is 0.975. The van der Waals surface area contributed by atoms with Crippen LogP contribution in [0.15, 0.2) is 24.3 Å². The molecule has 0 saturated heterocycles. The largest absolute Gasteiger partial charge is 0.326 e. The Labute approximate surface area is 96.9 Å². The lowest BCUT2D eigenvalue weighted by molar-refractivity contribution is 0.580. The third kappa shape index (κ3) is 4.30. The van der Waals surface area contributed by atoms with Crippen LogP contribution in [0.3, 0.4) is 0 Å². The molecule has 5 heteroatoms. The molecule has 3 N–H and O–H groups in total. The summed E-state index contributed by atoms with van der Waals surface area (Å²) in [7, 11) is -3.20. The highest BCUT2D eigenvalue weighted by atomic mass is 32.2. The number of hydrogen-bond acceptors (Lipinski definition) is 3. The van der Waals surface area contributed by atoms with Crippen molar-refractivity contribution in [2.24, 2.45) is 5.73 Å². The fourth-order valence-corrected chi connectivity index (χ4v) is 2.55. The second-order valence-corrected chi connectivity index (χ2v) is 5.48. The van der Waals surface area contributed by atoms with E-state index in [1.165, 1.54) is 0 Å². The Bertz CT molecular complexity index is 412. The summed E-state index contributed by atoms with van der Waals surface area (Å²) in [4.78, 5) is 0. The van der Waals surface area contributed by atoms with Crippen LogP contribution in [0.2, 0.25) is 0 Å². The summed E-state index contributed by atoms with van der Waals surface area (Å²) in [6.45, 7) is 2.89. The van der Waals surface area contributed by atoms with Crippen molar-refractivity contribution >= 4 is 10.0 Å². The van der Waals surface area contributed by atoms with Crippen molar-refractivity contribution in [1.29, 1.82) is 0 Å². The van der Waals surface area contributed by atoms with Gasteiger partial charge in [0.15, 0.2) is 0 Å². The monoisotopic (exact) mass is 242 g/mol. The van der Waals surface area contributed by atoms with Crippen LogP contribution in [0.1, 0.15) is 24.5 Å². The zero-order valence-electron chi connectivity index (χ0n) is 9.44. The molecular weight excluding hydrogens is 224 g/mol. The lowest BCUT2D eigenvalue weighted by atomic mass is 10.1. The van der Waals surface area contributed by atoms with Gasteiger partial charge >= 0.3 is 0 Å². The van der Waals surface area contributed by atoms with E-state index in [-0.39, 0.29) is 5.75 Å². The number of sulfonamides is 1. The molecule has 0 bridgehead atoms. The molecule has 0 amide bonds. The van der Waals surface area contributed by atoms with Crippen LogP contribution >= 0.6 is 0 Å². The first kappa shape index (κ1) is 13.2. The summed E-state index contributed by atoms with van der Waals surface area (Å²) >= 11 is 0. The van der Waals surface area contributed by atoms with Crippen molar-refractivity contribution in [1.82, 2.24) is 4.72 Å². The quantitative estimate of drug-likeness (QED) is 0.781. The molecule has 0 fully saturated rings. The predicted molar refractivity (Wildman–Crippen MR) is 65.3 cm³/mol. The van der Waals surface area contributed by atoms with Gasteiger partial charge in [0.25, 0.3) is 0 Å². The summed E-state index contributed by atoms with van der Waals surface area (Å²) in [5.74, 6) is 0.0256. The second-order valence-electron chi connectivity index (χ2n) is 3.67. The fraction of sp³-hybridized carbons (Fsp3) is 0.455. The van der Waals surface area contributed by atoms with Crippen LogP contribution in [0.25, 0.3) is 0 Å². The molecule has 0 radical (unpaired) electrons. The van der Waals surface area contributed by atoms with E-state index in [9.17, 15) is 8.42 Å². The summed E-state index contributed by atoms with van der Waals surface area (Å²) < 4.78 is 25.7. The highest BCUT2D eigenvalue weighted by Gasteiger charge is 2.09. The summed E-state index contributed by atoms with van der Waals surface area (Å²) in [5.41, 5.74) is 7.24. The molecule has 0 spiro atoms. The van der Waals surface area contributed by atoms with Gasteiger partial charge in [0.05, 0.1) is 5.75 Å². The van der Waals surface area contributed by atoms with E-state index in [4.69, 9.17) is 5.73 Å². The minimum atomic E-state index is -3.20. The van der Waals surface area contributed by atoms with E-state index in [1.54, 1.807) is 12.1 Å². The average Bonchev–Trinajstić information content (AvgIpc) is 2.27. The van der Waals surface area contributed by atoms with Crippen molar-refractivity contribution in [2.45, 2.75) is 25.6 Å². The minimum absolute atomic E-state index is 0.0256. The van der Waals surface area contributed by atoms with E-state index in [0.717, 1.165) is 17.5 Å². The van der Waals surface area contributed by atoms with Crippen molar-refractivity contribution in [3.8, 4) is 0 Å². The van der Waals surface area contributed by atoms with E-state index in [1.807, 2.05) is 19.1 Å². The molecule has 90 valence electrons. The molecule has 0 saturated carbocycles. The lowest BCUT2D eigenvalue weighted by Gasteiger charge is -2.06. The number of rotatable bonds is 6. The van der Waals surface area contributed by atoms with Gasteiger partial charge in [0, 0.05) is 13.1 Å². The molecule has 0 atom stereocenters. The molecular formula is C11H18N2O2S. The van der Waals surface area contributed by atoms with Gasteiger partial charge in [-0.3, -0.25) is 0 Å². The Balaban J connectivity index is 2.65. The number of nitrogens with two attached hydrogens (primary N) is 1. The molecule has 16 heavy (non-hydrogen) atoms. The molecule has 0 aromatic heterocycles. The lowest BCUT2D eigenvalue weighted by Crippen LogP contribution is -2.25. The molecule has 0 unspecified atom stereocenters. The fourth-order valence-electron chi connectivity index (χ4n) is 1.30. The highest BCUT2D eigenvalue weighted by Crippen LogP contribution is 2.07. The Morgan fingerprint density at radius 2 is 1.75 bits per heavy atom. The van der Waals surface area contributed by atoms with E-state index < -0.39 is 10.0 Å². The third-order valence-electron chi connectivity index (χ3n) is 2.19. The van der Waals surface area contributed by atoms with Crippen LogP contribution in [0, 0.1) is 0 Å². The van der Waals surface area contributed by atoms with E-state index in [0.29, 0.717) is 13.1 Å². The van der Waals surface area contributed by atoms with Crippen molar-refractivity contribution in [3.63, 3.8) is 0 Å². The van der Waals surface area contributed by atoms with Gasteiger partial charge in [-0.25, -0.2) is 13.1 Å². The van der Waals surface area contributed by atoms with Gasteiger partial charge in [-0.15, -0.1) is 0 Å². The zero-order chi connectivity index (χ0) is 12.0. The normalized spacial score (nSPS) is 11.6. The van der Waals surface area contributed by atoms with Crippen LogP contribution in [-0.2, 0) is 22.3 Å². The third-order valence-corrected chi connectivity index (χ3v) is 3.54. The molecule has 0 aliphatic heterocycles. The first-order valence-corrected chi connectivity index (χ1v) is 6.98. The first-order chi connectivity index (χ1) is 7.57. The maximum atomic E-state index is 11.6. The SMILES string of the molecule is CCCNS(=O)(=O)Cc1ccc(CN)cc1. The van der Waals surface area contributed by atoms with Crippen LogP contribution in [0.5, 0.6) is 0 Å². The zero-order valence-corrected chi connectivity index (χ0v) is 10.3. The van der Waals surface area contributed by atoms with Gasteiger partial charge < -0.3 is 5.73 Å². The number of nitrogens with one attached hydrogen (secondary N) is 1. The average molecular weight is 242 g/mol. The Morgan fingerprint density at radius 1 is 1.19 bits per heavy atom. The molecule has 0 aliphatic rings. The van der Waals surface area contributed by atoms with E-state index in [2.05, 4.69) is 4.72 Å². The van der Waals surface area contributed by atoms with Gasteiger partial charge in [-0.05, 0) is 17.5 Å². The smallest absolute Gasteiger partial charge is 0.215 e. The minimum Gasteiger partial charge on any atom is -0.326 e. The Kier molecular flexibility index (Phi) is 4.92. The van der Waals surface area contributed by atoms with Crippen LogP contribution in [-0.4, -0.2) is 15.0 Å². The Hall–Kier alpha value is -0.910. The van der Waals surface area contributed by atoms with E-state index >= 15 is 0 Å². The first-order valence-electron chi connectivity index (χ1n) is 5.32. The molecule has 0 aliphatic carbocycles. The highest BCUT2D eigenvalue weighted by molar-refractivity contribution is 7.88. The summed E-state index contributed by atoms with van der Waals surface area (Å²) in [6.07, 6.45) is 0.797. The maximum absolute atomic E-state index is 11.6. The maximum Gasteiger partial charge on any atom is 0.215 e. The van der Waals surface area contributed by atoms with Crippen molar-refractivity contribution in [2.75, 3.05) is 6.54 Å². The molecule has 1 rings (SSSR count). The number of benzene rings is 1. The van der Waals surface area contributed by atoms with Crippen molar-refractivity contribution in [3.05, 3.63) is 35.4 Å². The summed E-state index contributed by atoms with van der Waals surface area (Å²) in [5, 5.41) is 0. The molecule has 4 nitrogen and oxygen atoms in total. The second kappa shape index (κ2) is 5.98. The molecule has 1 aromatic carbocycles. The van der Waals surface area contributed by atoms with Crippen molar-refractivity contribution < 1.29 is 8.42 Å². The van der Waals surface area contributed by atoms with Gasteiger partial charge in [0.1, 0.15) is 0 Å². The molecule has 1 aromatic rings. The van der Waals surface area contributed by atoms with Gasteiger partial charge in [-0.1, -0.05) is 31.2 Å². The standard InChI is InChI=1S/C11H18N2O2S/c1-2-7-13-16(14,15)9-11-5-3-10(8-12)4-6-11/h3-6,13H,2,7-9,12H2,1H3. The number of hydrogen-bond donors (Lipinski definition) is 2. The van der Waals surface area contributed by atoms with Crippen LogP contribution in [0.4, 0.5) is 0 Å². The topological polar surface area (TPSA) is 72.2 Å². The van der Waals surface area contributed by atoms with Gasteiger partial charge in [-0.2, -0.15) is 0 Å². The molecule has 0 heterocycles. The Morgan fingerprint density at radius 3 is 2.25 bits per heavy atom. The summed E-state index contributed by atoms with van der Waals surface area (Å²) in [6, 6.07) is 7.30. The van der Waals surface area contributed by atoms with Crippen LogP contribution < -0.4 is 10.5 Å². The van der Waals surface area contributed by atoms with Gasteiger partial charge in [0.2, 0.25) is 10.0 Å².